The summed E-state index contributed by atoms with van der Waals surface area (Å²) in [5, 5.41) is 3.84. The molecule has 0 spiro atoms. The highest BCUT2D eigenvalue weighted by Gasteiger charge is 2.11. The van der Waals surface area contributed by atoms with E-state index in [0.29, 0.717) is 5.25 Å². The SMILES string of the molecule is CSC1CN=C(C=Cc2ccc(F)cc2)NC1. The second-order valence-electron chi connectivity index (χ2n) is 3.85. The highest BCUT2D eigenvalue weighted by Crippen LogP contribution is 2.09. The van der Waals surface area contributed by atoms with E-state index in [9.17, 15) is 4.39 Å². The van der Waals surface area contributed by atoms with Crippen LogP contribution in [-0.2, 0) is 0 Å². The van der Waals surface area contributed by atoms with Crippen molar-refractivity contribution in [2.24, 2.45) is 4.99 Å². The van der Waals surface area contributed by atoms with Gasteiger partial charge in [0.1, 0.15) is 11.7 Å². The summed E-state index contributed by atoms with van der Waals surface area (Å²) >= 11 is 1.83. The van der Waals surface area contributed by atoms with E-state index in [2.05, 4.69) is 16.6 Å². The first-order valence-corrected chi connectivity index (χ1v) is 6.81. The lowest BCUT2D eigenvalue weighted by molar-refractivity contribution is 0.628. The topological polar surface area (TPSA) is 24.4 Å². The molecule has 90 valence electrons. The Hall–Kier alpha value is -1.29. The quantitative estimate of drug-likeness (QED) is 0.891. The summed E-state index contributed by atoms with van der Waals surface area (Å²) in [5.74, 6) is 0.692. The van der Waals surface area contributed by atoms with Crippen molar-refractivity contribution >= 4 is 23.7 Å². The maximum absolute atomic E-state index is 12.7. The van der Waals surface area contributed by atoms with E-state index >= 15 is 0 Å². The van der Waals surface area contributed by atoms with Crippen molar-refractivity contribution in [1.82, 2.24) is 5.32 Å². The van der Waals surface area contributed by atoms with Gasteiger partial charge in [0.15, 0.2) is 0 Å². The summed E-state index contributed by atoms with van der Waals surface area (Å²) in [6.45, 7) is 1.81. The van der Waals surface area contributed by atoms with Gasteiger partial charge in [0.2, 0.25) is 0 Å². The van der Waals surface area contributed by atoms with E-state index in [1.54, 1.807) is 12.1 Å². The van der Waals surface area contributed by atoms with Crippen molar-refractivity contribution in [1.29, 1.82) is 0 Å². The largest absolute Gasteiger partial charge is 0.369 e. The molecule has 1 unspecified atom stereocenters. The molecule has 17 heavy (non-hydrogen) atoms. The average molecular weight is 250 g/mol. The summed E-state index contributed by atoms with van der Waals surface area (Å²) in [4.78, 5) is 4.44. The molecule has 2 rings (SSSR count). The molecule has 0 fully saturated rings. The zero-order chi connectivity index (χ0) is 12.1. The smallest absolute Gasteiger partial charge is 0.123 e. The lowest BCUT2D eigenvalue weighted by atomic mass is 10.2. The van der Waals surface area contributed by atoms with Crippen LogP contribution in [0.15, 0.2) is 35.3 Å². The van der Waals surface area contributed by atoms with E-state index in [1.165, 1.54) is 12.1 Å². The summed E-state index contributed by atoms with van der Waals surface area (Å²) in [5.41, 5.74) is 0.975. The third-order valence-electron chi connectivity index (χ3n) is 2.61. The van der Waals surface area contributed by atoms with Crippen LogP contribution >= 0.6 is 11.8 Å². The first kappa shape index (κ1) is 12.2. The number of amidine groups is 1. The van der Waals surface area contributed by atoms with Crippen molar-refractivity contribution in [2.75, 3.05) is 19.3 Å². The number of aliphatic imine (C=N–C) groups is 1. The maximum atomic E-state index is 12.7. The molecule has 1 aliphatic heterocycles. The van der Waals surface area contributed by atoms with E-state index in [4.69, 9.17) is 0 Å². The highest BCUT2D eigenvalue weighted by molar-refractivity contribution is 7.99. The first-order chi connectivity index (χ1) is 8.28. The van der Waals surface area contributed by atoms with E-state index in [0.717, 1.165) is 24.5 Å². The maximum Gasteiger partial charge on any atom is 0.123 e. The Morgan fingerprint density at radius 2 is 2.12 bits per heavy atom. The normalized spacial score (nSPS) is 20.1. The number of nitrogens with zero attached hydrogens (tertiary/aromatic N) is 1. The minimum Gasteiger partial charge on any atom is -0.369 e. The first-order valence-electron chi connectivity index (χ1n) is 5.52. The molecule has 1 N–H and O–H groups in total. The van der Waals surface area contributed by atoms with Crippen molar-refractivity contribution < 1.29 is 4.39 Å². The Morgan fingerprint density at radius 3 is 2.71 bits per heavy atom. The van der Waals surface area contributed by atoms with Crippen LogP contribution in [0.4, 0.5) is 4.39 Å². The number of hydrogen-bond acceptors (Lipinski definition) is 3. The second-order valence-corrected chi connectivity index (χ2v) is 4.99. The van der Waals surface area contributed by atoms with Gasteiger partial charge in [-0.3, -0.25) is 4.99 Å². The Balaban J connectivity index is 1.97. The molecule has 1 aliphatic rings. The van der Waals surface area contributed by atoms with Gasteiger partial charge in [-0.1, -0.05) is 18.2 Å². The van der Waals surface area contributed by atoms with Crippen LogP contribution in [0, 0.1) is 5.82 Å². The van der Waals surface area contributed by atoms with Crippen molar-refractivity contribution in [3.8, 4) is 0 Å². The fourth-order valence-corrected chi connectivity index (χ4v) is 2.03. The lowest BCUT2D eigenvalue weighted by Gasteiger charge is -2.19. The number of hydrogen-bond donors (Lipinski definition) is 1. The van der Waals surface area contributed by atoms with Gasteiger partial charge in [-0.2, -0.15) is 11.8 Å². The van der Waals surface area contributed by atoms with Crippen molar-refractivity contribution in [3.63, 3.8) is 0 Å². The van der Waals surface area contributed by atoms with Gasteiger partial charge in [-0.15, -0.1) is 0 Å². The molecule has 0 saturated heterocycles. The van der Waals surface area contributed by atoms with Gasteiger partial charge < -0.3 is 5.32 Å². The monoisotopic (exact) mass is 250 g/mol. The van der Waals surface area contributed by atoms with Gasteiger partial charge in [0, 0.05) is 11.8 Å². The van der Waals surface area contributed by atoms with Crippen LogP contribution in [0.25, 0.3) is 6.08 Å². The molecule has 0 bridgehead atoms. The molecular weight excluding hydrogens is 235 g/mol. The van der Waals surface area contributed by atoms with Gasteiger partial charge in [-0.05, 0) is 30.0 Å². The van der Waals surface area contributed by atoms with E-state index in [1.807, 2.05) is 23.9 Å². The zero-order valence-electron chi connectivity index (χ0n) is 9.69. The van der Waals surface area contributed by atoms with Crippen molar-refractivity contribution in [3.05, 3.63) is 41.7 Å². The third-order valence-corrected chi connectivity index (χ3v) is 3.60. The molecule has 1 heterocycles. The molecule has 1 atom stereocenters. The summed E-state index contributed by atoms with van der Waals surface area (Å²) < 4.78 is 12.7. The highest BCUT2D eigenvalue weighted by atomic mass is 32.2. The second kappa shape index (κ2) is 5.87. The summed E-state index contributed by atoms with van der Waals surface area (Å²) in [6.07, 6.45) is 5.97. The number of thioether (sulfide) groups is 1. The molecule has 2 nitrogen and oxygen atoms in total. The number of rotatable bonds is 3. The molecule has 4 heteroatoms. The predicted octanol–water partition coefficient (Wildman–Crippen LogP) is 2.57. The van der Waals surface area contributed by atoms with Crippen LogP contribution in [0.1, 0.15) is 5.56 Å². The Kier molecular flexibility index (Phi) is 4.20. The van der Waals surface area contributed by atoms with E-state index in [-0.39, 0.29) is 5.82 Å². The third kappa shape index (κ3) is 3.60. The standard InChI is InChI=1S/C13H15FN2S/c1-17-12-8-15-13(16-9-12)7-4-10-2-5-11(14)6-3-10/h2-7,12H,8-9H2,1H3,(H,15,16). The molecule has 0 amide bonds. The molecule has 0 aromatic heterocycles. The van der Waals surface area contributed by atoms with Crippen LogP contribution in [0.3, 0.4) is 0 Å². The van der Waals surface area contributed by atoms with Gasteiger partial charge >= 0.3 is 0 Å². The number of halogens is 1. The fraction of sp³-hybridized carbons (Fsp3) is 0.308. The van der Waals surface area contributed by atoms with Gasteiger partial charge in [-0.25, -0.2) is 4.39 Å². The Bertz CT molecular complexity index is 426. The predicted molar refractivity (Wildman–Crippen MR) is 73.0 cm³/mol. The van der Waals surface area contributed by atoms with Crippen LogP contribution in [0.2, 0.25) is 0 Å². The fourth-order valence-electron chi connectivity index (χ4n) is 1.56. The minimum absolute atomic E-state index is 0.210. The zero-order valence-corrected chi connectivity index (χ0v) is 10.5. The van der Waals surface area contributed by atoms with Crippen LogP contribution in [-0.4, -0.2) is 30.4 Å². The average Bonchev–Trinajstić information content (AvgIpc) is 2.39. The molecule has 0 saturated carbocycles. The summed E-state index contributed by atoms with van der Waals surface area (Å²) in [7, 11) is 0. The Morgan fingerprint density at radius 1 is 1.35 bits per heavy atom. The van der Waals surface area contributed by atoms with E-state index < -0.39 is 0 Å². The van der Waals surface area contributed by atoms with Crippen LogP contribution < -0.4 is 5.32 Å². The molecule has 0 aliphatic carbocycles. The number of nitrogens with one attached hydrogen (secondary N) is 1. The van der Waals surface area contributed by atoms with Gasteiger partial charge in [0.25, 0.3) is 0 Å². The van der Waals surface area contributed by atoms with Crippen LogP contribution in [0.5, 0.6) is 0 Å². The molecule has 1 aromatic carbocycles. The van der Waals surface area contributed by atoms with Gasteiger partial charge in [0.05, 0.1) is 6.54 Å². The molecule has 0 radical (unpaired) electrons. The molecular formula is C13H15FN2S. The Labute approximate surface area is 105 Å². The summed E-state index contributed by atoms with van der Waals surface area (Å²) in [6, 6.07) is 6.42. The molecule has 1 aromatic rings. The minimum atomic E-state index is -0.210. The van der Waals surface area contributed by atoms with Crippen molar-refractivity contribution in [2.45, 2.75) is 5.25 Å². The number of benzene rings is 1. The lowest BCUT2D eigenvalue weighted by Crippen LogP contribution is -2.36.